The van der Waals surface area contributed by atoms with E-state index >= 15 is 0 Å². The van der Waals surface area contributed by atoms with Crippen molar-refractivity contribution in [2.45, 2.75) is 13.5 Å². The van der Waals surface area contributed by atoms with Gasteiger partial charge in [-0.05, 0) is 36.8 Å². The first kappa shape index (κ1) is 17.9. The fourth-order valence-electron chi connectivity index (χ4n) is 2.79. The number of aromatic nitrogens is 2. The molecule has 0 aliphatic carbocycles. The Kier molecular flexibility index (Phi) is 4.95. The number of carbonyl (C=O) groups excluding carboxylic acids is 1. The van der Waals surface area contributed by atoms with Gasteiger partial charge in [0.1, 0.15) is 6.54 Å². The van der Waals surface area contributed by atoms with Crippen LogP contribution in [0.3, 0.4) is 0 Å². The largest absolute Gasteiger partial charge is 0.376 e. The van der Waals surface area contributed by atoms with Gasteiger partial charge in [0.05, 0.1) is 28.6 Å². The Hall–Kier alpha value is -2.86. The molecule has 2 aromatic carbocycles. The number of carbonyl (C=O) groups is 1. The summed E-state index contributed by atoms with van der Waals surface area (Å²) in [5.41, 5.74) is 2.74. The number of nitrogens with zero attached hydrogens (tertiary/aromatic N) is 3. The molecule has 1 amide bonds. The normalized spacial score (nSPS) is 10.8. The van der Waals surface area contributed by atoms with Crippen molar-refractivity contribution in [1.82, 2.24) is 9.55 Å². The lowest BCUT2D eigenvalue weighted by molar-refractivity contribution is -0.116. The number of hydrogen-bond acceptors (Lipinski definition) is 4. The molecule has 0 saturated heterocycles. The highest BCUT2D eigenvalue weighted by molar-refractivity contribution is 6.31. The fourth-order valence-corrected chi connectivity index (χ4v) is 2.97. The molecular weight excluding hydrogens is 352 g/mol. The lowest BCUT2D eigenvalue weighted by Gasteiger charge is -2.18. The molecule has 0 unspecified atom stereocenters. The Balaban J connectivity index is 1.88. The van der Waals surface area contributed by atoms with Crippen molar-refractivity contribution in [1.29, 1.82) is 0 Å². The Morgan fingerprint density at radius 1 is 1.27 bits per heavy atom. The minimum Gasteiger partial charge on any atom is -0.376 e. The molecule has 26 heavy (non-hydrogen) atoms. The van der Waals surface area contributed by atoms with Gasteiger partial charge in [0.2, 0.25) is 5.91 Å². The van der Waals surface area contributed by atoms with Gasteiger partial charge in [-0.25, -0.2) is 4.98 Å². The molecule has 0 saturated carbocycles. The predicted octanol–water partition coefficient (Wildman–Crippen LogP) is 3.06. The van der Waals surface area contributed by atoms with E-state index in [9.17, 15) is 9.59 Å². The molecule has 0 spiro atoms. The number of aryl methyl sites for hydroxylation is 1. The standard InChI is InChI=1S/C19H19ClN4O2/c1-12-5-4-6-14-18(12)21-11-24(19(14)26)10-17(25)22-15-9-13(20)7-8-16(15)23(2)3/h4-9,11H,10H2,1-3H3,(H,22,25). The second kappa shape index (κ2) is 7.17. The Bertz CT molecular complexity index is 1040. The van der Waals surface area contributed by atoms with Crippen LogP contribution in [0, 0.1) is 6.92 Å². The quantitative estimate of drug-likeness (QED) is 0.766. The van der Waals surface area contributed by atoms with Gasteiger partial charge in [0.25, 0.3) is 5.56 Å². The van der Waals surface area contributed by atoms with Crippen molar-refractivity contribution < 1.29 is 4.79 Å². The first-order valence-electron chi connectivity index (χ1n) is 8.08. The van der Waals surface area contributed by atoms with Crippen LogP contribution in [0.2, 0.25) is 5.02 Å². The number of amides is 1. The molecule has 0 atom stereocenters. The summed E-state index contributed by atoms with van der Waals surface area (Å²) in [7, 11) is 3.75. The molecule has 1 aromatic heterocycles. The number of benzene rings is 2. The van der Waals surface area contributed by atoms with Crippen LogP contribution in [0.5, 0.6) is 0 Å². The number of anilines is 2. The molecule has 0 aliphatic rings. The van der Waals surface area contributed by atoms with Gasteiger partial charge in [-0.3, -0.25) is 14.2 Å². The van der Waals surface area contributed by atoms with E-state index < -0.39 is 0 Å². The minimum absolute atomic E-state index is 0.130. The van der Waals surface area contributed by atoms with Crippen LogP contribution in [-0.4, -0.2) is 29.6 Å². The third-order valence-corrected chi connectivity index (χ3v) is 4.32. The number of halogens is 1. The van der Waals surface area contributed by atoms with Crippen molar-refractivity contribution in [3.63, 3.8) is 0 Å². The van der Waals surface area contributed by atoms with Gasteiger partial charge in [-0.15, -0.1) is 0 Å². The molecule has 0 aliphatic heterocycles. The van der Waals surface area contributed by atoms with Crippen molar-refractivity contribution in [3.05, 3.63) is 63.7 Å². The number of fused-ring (bicyclic) bond motifs is 1. The van der Waals surface area contributed by atoms with Gasteiger partial charge < -0.3 is 10.2 Å². The van der Waals surface area contributed by atoms with Gasteiger partial charge in [-0.1, -0.05) is 23.7 Å². The Labute approximate surface area is 156 Å². The SMILES string of the molecule is Cc1cccc2c(=O)n(CC(=O)Nc3cc(Cl)ccc3N(C)C)cnc12. The van der Waals surface area contributed by atoms with Crippen molar-refractivity contribution in [3.8, 4) is 0 Å². The first-order chi connectivity index (χ1) is 12.4. The summed E-state index contributed by atoms with van der Waals surface area (Å²) >= 11 is 6.04. The van der Waals surface area contributed by atoms with Gasteiger partial charge in [-0.2, -0.15) is 0 Å². The number of para-hydroxylation sites is 1. The molecule has 7 heteroatoms. The van der Waals surface area contributed by atoms with E-state index in [0.29, 0.717) is 21.6 Å². The van der Waals surface area contributed by atoms with Crippen LogP contribution in [0.25, 0.3) is 10.9 Å². The van der Waals surface area contributed by atoms with E-state index in [1.165, 1.54) is 10.9 Å². The lowest BCUT2D eigenvalue weighted by Crippen LogP contribution is -2.28. The summed E-state index contributed by atoms with van der Waals surface area (Å²) < 4.78 is 1.30. The van der Waals surface area contributed by atoms with Crippen LogP contribution in [0.1, 0.15) is 5.56 Å². The highest BCUT2D eigenvalue weighted by Gasteiger charge is 2.12. The average molecular weight is 371 g/mol. The second-order valence-corrected chi connectivity index (χ2v) is 6.69. The van der Waals surface area contributed by atoms with Gasteiger partial charge >= 0.3 is 0 Å². The minimum atomic E-state index is -0.328. The number of nitrogens with one attached hydrogen (secondary N) is 1. The molecule has 6 nitrogen and oxygen atoms in total. The molecule has 0 fully saturated rings. The second-order valence-electron chi connectivity index (χ2n) is 6.25. The van der Waals surface area contributed by atoms with Crippen molar-refractivity contribution >= 4 is 39.8 Å². The molecule has 0 radical (unpaired) electrons. The molecule has 1 heterocycles. The monoisotopic (exact) mass is 370 g/mol. The van der Waals surface area contributed by atoms with E-state index in [1.54, 1.807) is 24.3 Å². The molecular formula is C19H19ClN4O2. The van der Waals surface area contributed by atoms with E-state index in [0.717, 1.165) is 11.3 Å². The number of rotatable bonds is 4. The van der Waals surface area contributed by atoms with E-state index in [2.05, 4.69) is 10.3 Å². The maximum absolute atomic E-state index is 12.6. The van der Waals surface area contributed by atoms with Crippen LogP contribution in [0.4, 0.5) is 11.4 Å². The first-order valence-corrected chi connectivity index (χ1v) is 8.46. The molecule has 0 bridgehead atoms. The predicted molar refractivity (Wildman–Crippen MR) is 105 cm³/mol. The summed E-state index contributed by atoms with van der Waals surface area (Å²) in [6, 6.07) is 10.7. The van der Waals surface area contributed by atoms with E-state index in [1.807, 2.05) is 38.1 Å². The summed E-state index contributed by atoms with van der Waals surface area (Å²) in [6.07, 6.45) is 1.40. The topological polar surface area (TPSA) is 67.2 Å². The van der Waals surface area contributed by atoms with Gasteiger partial charge in [0, 0.05) is 19.1 Å². The molecule has 134 valence electrons. The maximum atomic E-state index is 12.6. The summed E-state index contributed by atoms with van der Waals surface area (Å²) in [5.74, 6) is -0.328. The fraction of sp³-hybridized carbons (Fsp3) is 0.211. The van der Waals surface area contributed by atoms with Gasteiger partial charge in [0.15, 0.2) is 0 Å². The van der Waals surface area contributed by atoms with Crippen LogP contribution < -0.4 is 15.8 Å². The van der Waals surface area contributed by atoms with Crippen molar-refractivity contribution in [2.24, 2.45) is 0 Å². The summed E-state index contributed by atoms with van der Waals surface area (Å²) in [6.45, 7) is 1.77. The van der Waals surface area contributed by atoms with Crippen LogP contribution in [0.15, 0.2) is 47.5 Å². The van der Waals surface area contributed by atoms with E-state index in [4.69, 9.17) is 11.6 Å². The highest BCUT2D eigenvalue weighted by atomic mass is 35.5. The zero-order valence-electron chi connectivity index (χ0n) is 14.8. The van der Waals surface area contributed by atoms with Crippen LogP contribution >= 0.6 is 11.6 Å². The summed E-state index contributed by atoms with van der Waals surface area (Å²) in [4.78, 5) is 31.3. The van der Waals surface area contributed by atoms with Crippen molar-refractivity contribution in [2.75, 3.05) is 24.3 Å². The third kappa shape index (κ3) is 3.55. The third-order valence-electron chi connectivity index (χ3n) is 4.08. The van der Waals surface area contributed by atoms with E-state index in [-0.39, 0.29) is 18.0 Å². The smallest absolute Gasteiger partial charge is 0.261 e. The summed E-state index contributed by atoms with van der Waals surface area (Å²) in [5, 5.41) is 3.83. The Morgan fingerprint density at radius 2 is 2.04 bits per heavy atom. The zero-order chi connectivity index (χ0) is 18.8. The average Bonchev–Trinajstić information content (AvgIpc) is 2.57. The number of hydrogen-bond donors (Lipinski definition) is 1. The molecule has 3 aromatic rings. The highest BCUT2D eigenvalue weighted by Crippen LogP contribution is 2.27. The Morgan fingerprint density at radius 3 is 2.77 bits per heavy atom. The lowest BCUT2D eigenvalue weighted by atomic mass is 10.1. The zero-order valence-corrected chi connectivity index (χ0v) is 15.5. The maximum Gasteiger partial charge on any atom is 0.261 e. The molecule has 3 rings (SSSR count). The molecule has 1 N–H and O–H groups in total. The van der Waals surface area contributed by atoms with Crippen LogP contribution in [-0.2, 0) is 11.3 Å².